The van der Waals surface area contributed by atoms with Gasteiger partial charge in [-0.25, -0.2) is 0 Å². The van der Waals surface area contributed by atoms with Crippen LogP contribution in [0.1, 0.15) is 31.4 Å². The van der Waals surface area contributed by atoms with Gasteiger partial charge in [0.2, 0.25) is 0 Å². The van der Waals surface area contributed by atoms with Crippen molar-refractivity contribution in [2.24, 2.45) is 0 Å². The lowest BCUT2D eigenvalue weighted by atomic mass is 10.0. The third kappa shape index (κ3) is 5.81. The molecule has 0 aromatic heterocycles. The second-order valence-electron chi connectivity index (χ2n) is 3.97. The molecule has 0 heterocycles. The van der Waals surface area contributed by atoms with Gasteiger partial charge in [-0.1, -0.05) is 37.3 Å². The van der Waals surface area contributed by atoms with Crippen LogP contribution in [-0.2, 0) is 10.1 Å². The van der Waals surface area contributed by atoms with Crippen LogP contribution in [0.3, 0.4) is 0 Å². The van der Waals surface area contributed by atoms with Crippen molar-refractivity contribution in [3.8, 4) is 0 Å². The molecule has 4 nitrogen and oxygen atoms in total. The van der Waals surface area contributed by atoms with Crippen LogP contribution >= 0.6 is 0 Å². The zero-order chi connectivity index (χ0) is 12.7. The average molecular weight is 257 g/mol. The van der Waals surface area contributed by atoms with Crippen molar-refractivity contribution in [1.82, 2.24) is 5.32 Å². The van der Waals surface area contributed by atoms with Gasteiger partial charge in [-0.3, -0.25) is 4.55 Å². The lowest BCUT2D eigenvalue weighted by Gasteiger charge is -2.17. The molecule has 17 heavy (non-hydrogen) atoms. The van der Waals surface area contributed by atoms with Crippen LogP contribution in [0.5, 0.6) is 0 Å². The van der Waals surface area contributed by atoms with Gasteiger partial charge >= 0.3 is 0 Å². The van der Waals surface area contributed by atoms with E-state index < -0.39 is 10.1 Å². The predicted octanol–water partition coefficient (Wildman–Crippen LogP) is 2.01. The topological polar surface area (TPSA) is 66.4 Å². The van der Waals surface area contributed by atoms with Crippen LogP contribution in [-0.4, -0.2) is 25.3 Å². The Labute approximate surface area is 103 Å². The molecule has 0 saturated carbocycles. The van der Waals surface area contributed by atoms with Gasteiger partial charge in [-0.15, -0.1) is 0 Å². The highest BCUT2D eigenvalue weighted by Crippen LogP contribution is 2.15. The fourth-order valence-electron chi connectivity index (χ4n) is 1.71. The third-order valence-corrected chi connectivity index (χ3v) is 3.38. The summed E-state index contributed by atoms with van der Waals surface area (Å²) in [5.74, 6) is -0.189. The van der Waals surface area contributed by atoms with Crippen molar-refractivity contribution < 1.29 is 13.0 Å². The Morgan fingerprint density at radius 2 is 1.94 bits per heavy atom. The molecule has 0 unspecified atom stereocenters. The molecule has 96 valence electrons. The summed E-state index contributed by atoms with van der Waals surface area (Å²) < 4.78 is 29.7. The van der Waals surface area contributed by atoms with E-state index in [-0.39, 0.29) is 11.8 Å². The Morgan fingerprint density at radius 1 is 1.29 bits per heavy atom. The molecule has 0 aliphatic rings. The highest BCUT2D eigenvalue weighted by atomic mass is 32.2. The van der Waals surface area contributed by atoms with E-state index in [1.54, 1.807) is 0 Å². The van der Waals surface area contributed by atoms with E-state index >= 15 is 0 Å². The van der Waals surface area contributed by atoms with E-state index in [1.807, 2.05) is 30.3 Å². The first-order chi connectivity index (χ1) is 8.03. The second-order valence-corrected chi connectivity index (χ2v) is 5.54. The molecule has 1 rings (SSSR count). The largest absolute Gasteiger partial charge is 0.310 e. The van der Waals surface area contributed by atoms with E-state index in [4.69, 9.17) is 4.55 Å². The number of hydrogen-bond donors (Lipinski definition) is 2. The first-order valence-corrected chi connectivity index (χ1v) is 7.37. The van der Waals surface area contributed by atoms with Crippen LogP contribution < -0.4 is 5.32 Å². The van der Waals surface area contributed by atoms with Crippen molar-refractivity contribution in [1.29, 1.82) is 0 Å². The maximum absolute atomic E-state index is 10.5. The predicted molar refractivity (Wildman–Crippen MR) is 68.5 cm³/mol. The van der Waals surface area contributed by atoms with Gasteiger partial charge in [0.05, 0.1) is 5.75 Å². The maximum Gasteiger partial charge on any atom is 0.264 e. The third-order valence-electron chi connectivity index (χ3n) is 2.58. The van der Waals surface area contributed by atoms with Gasteiger partial charge in [0.1, 0.15) is 0 Å². The van der Waals surface area contributed by atoms with E-state index in [0.717, 1.165) is 6.42 Å². The van der Waals surface area contributed by atoms with Gasteiger partial charge in [0.15, 0.2) is 0 Å². The standard InChI is InChI=1S/C12H19NO3S/c1-2-12(11-7-4-3-5-8-11)13-9-6-10-17(14,15)16/h3-5,7-8,12-13H,2,6,9-10H2,1H3,(H,14,15,16)/t12-/m0/s1. The van der Waals surface area contributed by atoms with Crippen molar-refractivity contribution in [3.05, 3.63) is 35.9 Å². The van der Waals surface area contributed by atoms with E-state index in [0.29, 0.717) is 13.0 Å². The SMILES string of the molecule is CC[C@H](NCCCS(=O)(=O)O)c1ccccc1. The van der Waals surface area contributed by atoms with Crippen LogP contribution in [0.15, 0.2) is 30.3 Å². The maximum atomic E-state index is 10.5. The quantitative estimate of drug-likeness (QED) is 0.579. The van der Waals surface area contributed by atoms with E-state index in [2.05, 4.69) is 12.2 Å². The van der Waals surface area contributed by atoms with Gasteiger partial charge in [-0.05, 0) is 24.9 Å². The Bertz CT molecular complexity index is 417. The molecule has 0 aliphatic carbocycles. The molecule has 1 atom stereocenters. The van der Waals surface area contributed by atoms with Crippen molar-refractivity contribution >= 4 is 10.1 Å². The highest BCUT2D eigenvalue weighted by Gasteiger charge is 2.08. The molecule has 2 N–H and O–H groups in total. The first kappa shape index (κ1) is 14.2. The fourth-order valence-corrected chi connectivity index (χ4v) is 2.22. The number of benzene rings is 1. The zero-order valence-corrected chi connectivity index (χ0v) is 10.8. The lowest BCUT2D eigenvalue weighted by molar-refractivity contribution is 0.474. The highest BCUT2D eigenvalue weighted by molar-refractivity contribution is 7.85. The molecule has 0 saturated heterocycles. The molecule has 1 aromatic rings. The van der Waals surface area contributed by atoms with Gasteiger partial charge in [-0.2, -0.15) is 8.42 Å². The van der Waals surface area contributed by atoms with Gasteiger partial charge in [0.25, 0.3) is 10.1 Å². The van der Waals surface area contributed by atoms with Gasteiger partial charge in [0, 0.05) is 6.04 Å². The summed E-state index contributed by atoms with van der Waals surface area (Å²) in [7, 11) is -3.83. The average Bonchev–Trinajstić information content (AvgIpc) is 2.29. The normalized spacial score (nSPS) is 13.5. The van der Waals surface area contributed by atoms with Crippen molar-refractivity contribution in [2.45, 2.75) is 25.8 Å². The number of hydrogen-bond acceptors (Lipinski definition) is 3. The molecule has 0 amide bonds. The summed E-state index contributed by atoms with van der Waals surface area (Å²) in [5, 5.41) is 3.28. The minimum absolute atomic E-state index is 0.189. The second kappa shape index (κ2) is 6.74. The van der Waals surface area contributed by atoms with Crippen molar-refractivity contribution in [3.63, 3.8) is 0 Å². The Balaban J connectivity index is 2.39. The van der Waals surface area contributed by atoms with Crippen LogP contribution in [0, 0.1) is 0 Å². The molecular formula is C12H19NO3S. The van der Waals surface area contributed by atoms with E-state index in [9.17, 15) is 8.42 Å². The van der Waals surface area contributed by atoms with Crippen LogP contribution in [0.4, 0.5) is 0 Å². The lowest BCUT2D eigenvalue weighted by Crippen LogP contribution is -2.23. The number of nitrogens with one attached hydrogen (secondary N) is 1. The zero-order valence-electron chi connectivity index (χ0n) is 9.96. The molecule has 0 fully saturated rings. The molecule has 0 radical (unpaired) electrons. The molecule has 0 aliphatic heterocycles. The Hall–Kier alpha value is -0.910. The minimum Gasteiger partial charge on any atom is -0.310 e. The smallest absolute Gasteiger partial charge is 0.264 e. The summed E-state index contributed by atoms with van der Waals surface area (Å²) in [6.07, 6.45) is 1.36. The minimum atomic E-state index is -3.83. The molecule has 1 aromatic carbocycles. The molecular weight excluding hydrogens is 238 g/mol. The summed E-state index contributed by atoms with van der Waals surface area (Å²) >= 11 is 0. The summed E-state index contributed by atoms with van der Waals surface area (Å²) in [6, 6.07) is 10.3. The molecule has 5 heteroatoms. The fraction of sp³-hybridized carbons (Fsp3) is 0.500. The number of rotatable bonds is 7. The van der Waals surface area contributed by atoms with Crippen LogP contribution in [0.25, 0.3) is 0 Å². The first-order valence-electron chi connectivity index (χ1n) is 5.76. The molecule has 0 bridgehead atoms. The Morgan fingerprint density at radius 3 is 2.47 bits per heavy atom. The van der Waals surface area contributed by atoms with Crippen LogP contribution in [0.2, 0.25) is 0 Å². The van der Waals surface area contributed by atoms with Gasteiger partial charge < -0.3 is 5.32 Å². The summed E-state index contributed by atoms with van der Waals surface area (Å²) in [4.78, 5) is 0. The van der Waals surface area contributed by atoms with Crippen molar-refractivity contribution in [2.75, 3.05) is 12.3 Å². The monoisotopic (exact) mass is 257 g/mol. The molecule has 0 spiro atoms. The summed E-state index contributed by atoms with van der Waals surface area (Å²) in [6.45, 7) is 2.65. The summed E-state index contributed by atoms with van der Waals surface area (Å²) in [5.41, 5.74) is 1.20. The van der Waals surface area contributed by atoms with E-state index in [1.165, 1.54) is 5.56 Å². The Kier molecular flexibility index (Phi) is 5.61.